The summed E-state index contributed by atoms with van der Waals surface area (Å²) in [6, 6.07) is 1.73. The van der Waals surface area contributed by atoms with E-state index in [1.807, 2.05) is 19.0 Å². The fourth-order valence-electron chi connectivity index (χ4n) is 1.02. The number of ketones is 1. The summed E-state index contributed by atoms with van der Waals surface area (Å²) >= 11 is 0. The lowest BCUT2D eigenvalue weighted by Crippen LogP contribution is -2.23. The van der Waals surface area contributed by atoms with Gasteiger partial charge in [-0.05, 0) is 20.2 Å². The molecule has 1 rings (SSSR count). The second-order valence-corrected chi connectivity index (χ2v) is 3.00. The molecule has 0 saturated carbocycles. The van der Waals surface area contributed by atoms with E-state index < -0.39 is 0 Å². The Bertz CT molecular complexity index is 278. The van der Waals surface area contributed by atoms with E-state index in [1.54, 1.807) is 24.0 Å². The van der Waals surface area contributed by atoms with Crippen LogP contribution in [0.2, 0.25) is 0 Å². The summed E-state index contributed by atoms with van der Waals surface area (Å²) in [5.74, 6) is 0.0972. The van der Waals surface area contributed by atoms with Crippen molar-refractivity contribution < 1.29 is 4.79 Å². The van der Waals surface area contributed by atoms with Crippen LogP contribution in [0.5, 0.6) is 0 Å². The first kappa shape index (κ1) is 8.93. The fraction of sp³-hybridized carbons (Fsp3) is 0.500. The van der Waals surface area contributed by atoms with Crippen LogP contribution in [0, 0.1) is 0 Å². The molecule has 0 fully saturated rings. The molecule has 0 aliphatic heterocycles. The molecule has 0 amide bonds. The van der Waals surface area contributed by atoms with Crippen LogP contribution in [0.25, 0.3) is 0 Å². The van der Waals surface area contributed by atoms with Gasteiger partial charge in [0.1, 0.15) is 5.69 Å². The Morgan fingerprint density at radius 2 is 2.33 bits per heavy atom. The SMILES string of the molecule is CN(C)CC(=O)c1ccnn1C. The number of nitrogens with zero attached hydrogens (tertiary/aromatic N) is 3. The Hall–Kier alpha value is -1.16. The quantitative estimate of drug-likeness (QED) is 0.602. The number of likely N-dealkylation sites (N-methyl/N-ethyl adjacent to an activating group) is 1. The highest BCUT2D eigenvalue weighted by molar-refractivity contribution is 5.95. The molecular formula is C8H13N3O. The number of hydrogen-bond acceptors (Lipinski definition) is 3. The molecule has 0 N–H and O–H groups in total. The maximum absolute atomic E-state index is 11.4. The van der Waals surface area contributed by atoms with E-state index in [4.69, 9.17) is 0 Å². The van der Waals surface area contributed by atoms with Crippen molar-refractivity contribution in [3.05, 3.63) is 18.0 Å². The van der Waals surface area contributed by atoms with Crippen molar-refractivity contribution in [2.24, 2.45) is 7.05 Å². The van der Waals surface area contributed by atoms with Crippen molar-refractivity contribution in [1.29, 1.82) is 0 Å². The summed E-state index contributed by atoms with van der Waals surface area (Å²) in [6.45, 7) is 0.430. The van der Waals surface area contributed by atoms with Gasteiger partial charge >= 0.3 is 0 Å². The molecule has 0 aromatic carbocycles. The normalized spacial score (nSPS) is 10.7. The monoisotopic (exact) mass is 167 g/mol. The second kappa shape index (κ2) is 3.49. The summed E-state index contributed by atoms with van der Waals surface area (Å²) in [7, 11) is 5.51. The van der Waals surface area contributed by atoms with Gasteiger partial charge in [-0.1, -0.05) is 0 Å². The first-order valence-electron chi connectivity index (χ1n) is 3.77. The minimum absolute atomic E-state index is 0.0972. The molecule has 0 spiro atoms. The van der Waals surface area contributed by atoms with E-state index in [9.17, 15) is 4.79 Å². The Labute approximate surface area is 71.8 Å². The van der Waals surface area contributed by atoms with Crippen molar-refractivity contribution >= 4 is 5.78 Å². The highest BCUT2D eigenvalue weighted by Gasteiger charge is 2.09. The predicted octanol–water partition coefficient (Wildman–Crippen LogP) is 0.164. The van der Waals surface area contributed by atoms with Gasteiger partial charge in [0.2, 0.25) is 0 Å². The van der Waals surface area contributed by atoms with Crippen LogP contribution in [0.15, 0.2) is 12.3 Å². The Morgan fingerprint density at radius 3 is 2.75 bits per heavy atom. The first-order chi connectivity index (χ1) is 5.61. The van der Waals surface area contributed by atoms with Crippen LogP contribution in [-0.2, 0) is 7.05 Å². The van der Waals surface area contributed by atoms with Gasteiger partial charge < -0.3 is 4.90 Å². The van der Waals surface area contributed by atoms with Crippen molar-refractivity contribution in [3.8, 4) is 0 Å². The minimum atomic E-state index is 0.0972. The van der Waals surface area contributed by atoms with Crippen LogP contribution in [0.3, 0.4) is 0 Å². The van der Waals surface area contributed by atoms with Gasteiger partial charge in [0.05, 0.1) is 6.54 Å². The van der Waals surface area contributed by atoms with Crippen molar-refractivity contribution in [1.82, 2.24) is 14.7 Å². The largest absolute Gasteiger partial charge is 0.302 e. The molecule has 0 aliphatic carbocycles. The van der Waals surface area contributed by atoms with E-state index in [-0.39, 0.29) is 5.78 Å². The van der Waals surface area contributed by atoms with Crippen LogP contribution >= 0.6 is 0 Å². The van der Waals surface area contributed by atoms with Crippen LogP contribution in [0.1, 0.15) is 10.5 Å². The van der Waals surface area contributed by atoms with E-state index in [2.05, 4.69) is 5.10 Å². The summed E-state index contributed by atoms with van der Waals surface area (Å²) in [5.41, 5.74) is 0.656. The number of aromatic nitrogens is 2. The lowest BCUT2D eigenvalue weighted by Gasteiger charge is -2.07. The number of carbonyl (C=O) groups is 1. The van der Waals surface area contributed by atoms with Crippen molar-refractivity contribution in [3.63, 3.8) is 0 Å². The second-order valence-electron chi connectivity index (χ2n) is 3.00. The van der Waals surface area contributed by atoms with Crippen LogP contribution < -0.4 is 0 Å². The average molecular weight is 167 g/mol. The predicted molar refractivity (Wildman–Crippen MR) is 46.1 cm³/mol. The van der Waals surface area contributed by atoms with Gasteiger partial charge in [0.15, 0.2) is 5.78 Å². The zero-order valence-electron chi connectivity index (χ0n) is 7.61. The number of rotatable bonds is 3. The van der Waals surface area contributed by atoms with Gasteiger partial charge in [-0.2, -0.15) is 5.10 Å². The van der Waals surface area contributed by atoms with Gasteiger partial charge in [-0.15, -0.1) is 0 Å². The van der Waals surface area contributed by atoms with Crippen molar-refractivity contribution in [2.45, 2.75) is 0 Å². The summed E-state index contributed by atoms with van der Waals surface area (Å²) < 4.78 is 1.59. The molecule has 66 valence electrons. The molecule has 1 aromatic heterocycles. The topological polar surface area (TPSA) is 38.1 Å². The van der Waals surface area contributed by atoms with Gasteiger partial charge in [0, 0.05) is 13.2 Å². The molecule has 1 heterocycles. The zero-order valence-corrected chi connectivity index (χ0v) is 7.61. The summed E-state index contributed by atoms with van der Waals surface area (Å²) in [4.78, 5) is 13.3. The molecular weight excluding hydrogens is 154 g/mol. The third-order valence-electron chi connectivity index (χ3n) is 1.57. The number of hydrogen-bond donors (Lipinski definition) is 0. The first-order valence-corrected chi connectivity index (χ1v) is 3.77. The van der Waals surface area contributed by atoms with Gasteiger partial charge in [0.25, 0.3) is 0 Å². The van der Waals surface area contributed by atoms with Crippen LogP contribution in [0.4, 0.5) is 0 Å². The van der Waals surface area contributed by atoms with Crippen LogP contribution in [-0.4, -0.2) is 41.1 Å². The van der Waals surface area contributed by atoms with Gasteiger partial charge in [-0.25, -0.2) is 0 Å². The average Bonchev–Trinajstić information content (AvgIpc) is 2.33. The third-order valence-corrected chi connectivity index (χ3v) is 1.57. The lowest BCUT2D eigenvalue weighted by molar-refractivity contribution is 0.0948. The minimum Gasteiger partial charge on any atom is -0.302 e. The number of aryl methyl sites for hydroxylation is 1. The maximum atomic E-state index is 11.4. The maximum Gasteiger partial charge on any atom is 0.194 e. The zero-order chi connectivity index (χ0) is 9.14. The van der Waals surface area contributed by atoms with E-state index >= 15 is 0 Å². The van der Waals surface area contributed by atoms with Gasteiger partial charge in [-0.3, -0.25) is 9.48 Å². The molecule has 0 saturated heterocycles. The number of Topliss-reactive ketones (excluding diaryl/α,β-unsaturated/α-hetero) is 1. The summed E-state index contributed by atoms with van der Waals surface area (Å²) in [5, 5.41) is 3.92. The summed E-state index contributed by atoms with van der Waals surface area (Å²) in [6.07, 6.45) is 1.63. The van der Waals surface area contributed by atoms with E-state index in [0.29, 0.717) is 12.2 Å². The molecule has 0 bridgehead atoms. The molecule has 12 heavy (non-hydrogen) atoms. The highest BCUT2D eigenvalue weighted by atomic mass is 16.1. The van der Waals surface area contributed by atoms with E-state index in [1.165, 1.54) is 0 Å². The van der Waals surface area contributed by atoms with Crippen molar-refractivity contribution in [2.75, 3.05) is 20.6 Å². The Kier molecular flexibility index (Phi) is 2.60. The molecule has 4 heteroatoms. The lowest BCUT2D eigenvalue weighted by atomic mass is 10.3. The molecule has 0 radical (unpaired) electrons. The Balaban J connectivity index is 2.72. The smallest absolute Gasteiger partial charge is 0.194 e. The highest BCUT2D eigenvalue weighted by Crippen LogP contribution is 1.98. The molecule has 0 aliphatic rings. The molecule has 0 atom stereocenters. The molecule has 0 unspecified atom stereocenters. The fourth-order valence-corrected chi connectivity index (χ4v) is 1.02. The third kappa shape index (κ3) is 1.92. The standard InChI is InChI=1S/C8H13N3O/c1-10(2)6-8(12)7-4-5-9-11(7)3/h4-5H,6H2,1-3H3. The molecule has 4 nitrogen and oxygen atoms in total. The number of carbonyl (C=O) groups excluding carboxylic acids is 1. The van der Waals surface area contributed by atoms with E-state index in [0.717, 1.165) is 0 Å². The molecule has 1 aromatic rings. The Morgan fingerprint density at radius 1 is 1.67 bits per heavy atom.